The standard InChI is InChI=1S/C21H19FN4O3/c1-29-21(28)16-4-2-3-5-17(16)26-19-12-18(24-13-25-19)20(27)23-11-10-14-6-8-15(22)9-7-14/h2-9,12-13H,10-11H2,1H3,(H,23,27)(H,24,25,26). The molecule has 0 bridgehead atoms. The van der Waals surface area contributed by atoms with Gasteiger partial charge in [0.05, 0.1) is 18.4 Å². The van der Waals surface area contributed by atoms with E-state index in [1.165, 1.54) is 31.6 Å². The maximum absolute atomic E-state index is 12.9. The van der Waals surface area contributed by atoms with Gasteiger partial charge in [-0.3, -0.25) is 4.79 Å². The summed E-state index contributed by atoms with van der Waals surface area (Å²) in [5.74, 6) is -0.785. The quantitative estimate of drug-likeness (QED) is 0.598. The van der Waals surface area contributed by atoms with E-state index in [2.05, 4.69) is 20.6 Å². The molecule has 7 nitrogen and oxygen atoms in total. The molecule has 0 saturated carbocycles. The fourth-order valence-electron chi connectivity index (χ4n) is 2.63. The zero-order valence-electron chi connectivity index (χ0n) is 15.7. The van der Waals surface area contributed by atoms with Crippen LogP contribution in [0.25, 0.3) is 0 Å². The van der Waals surface area contributed by atoms with Crippen molar-refractivity contribution in [2.45, 2.75) is 6.42 Å². The second-order valence-electron chi connectivity index (χ2n) is 6.08. The first-order valence-corrected chi connectivity index (χ1v) is 8.86. The Hall–Kier alpha value is -3.81. The zero-order chi connectivity index (χ0) is 20.6. The largest absolute Gasteiger partial charge is 0.465 e. The van der Waals surface area contributed by atoms with Crippen molar-refractivity contribution in [3.8, 4) is 0 Å². The Bertz CT molecular complexity index is 1010. The summed E-state index contributed by atoms with van der Waals surface area (Å²) in [6.07, 6.45) is 1.83. The van der Waals surface area contributed by atoms with Gasteiger partial charge in [0.1, 0.15) is 23.7 Å². The van der Waals surface area contributed by atoms with Gasteiger partial charge in [0.25, 0.3) is 5.91 Å². The number of esters is 1. The first-order chi connectivity index (χ1) is 14.1. The monoisotopic (exact) mass is 394 g/mol. The van der Waals surface area contributed by atoms with E-state index in [0.717, 1.165) is 5.56 Å². The summed E-state index contributed by atoms with van der Waals surface area (Å²) < 4.78 is 17.7. The lowest BCUT2D eigenvalue weighted by Crippen LogP contribution is -2.26. The van der Waals surface area contributed by atoms with Gasteiger partial charge >= 0.3 is 5.97 Å². The predicted molar refractivity (Wildman–Crippen MR) is 106 cm³/mol. The number of amides is 1. The lowest BCUT2D eigenvalue weighted by Gasteiger charge is -2.10. The number of ether oxygens (including phenoxy) is 1. The minimum Gasteiger partial charge on any atom is -0.465 e. The lowest BCUT2D eigenvalue weighted by molar-refractivity contribution is 0.0601. The molecule has 0 saturated heterocycles. The van der Waals surface area contributed by atoms with Crippen LogP contribution in [0.5, 0.6) is 0 Å². The third kappa shape index (κ3) is 5.35. The van der Waals surface area contributed by atoms with Crippen molar-refractivity contribution < 1.29 is 18.7 Å². The fourth-order valence-corrected chi connectivity index (χ4v) is 2.63. The van der Waals surface area contributed by atoms with Crippen LogP contribution in [0, 0.1) is 5.82 Å². The van der Waals surface area contributed by atoms with Crippen molar-refractivity contribution in [1.29, 1.82) is 0 Å². The summed E-state index contributed by atoms with van der Waals surface area (Å²) >= 11 is 0. The highest BCUT2D eigenvalue weighted by Crippen LogP contribution is 2.20. The van der Waals surface area contributed by atoms with E-state index in [-0.39, 0.29) is 17.4 Å². The van der Waals surface area contributed by atoms with E-state index >= 15 is 0 Å². The van der Waals surface area contributed by atoms with Crippen LogP contribution in [0.3, 0.4) is 0 Å². The summed E-state index contributed by atoms with van der Waals surface area (Å²) in [4.78, 5) is 32.3. The molecule has 0 spiro atoms. The number of aromatic nitrogens is 2. The minimum absolute atomic E-state index is 0.178. The van der Waals surface area contributed by atoms with Gasteiger partial charge < -0.3 is 15.4 Å². The topological polar surface area (TPSA) is 93.2 Å². The Balaban J connectivity index is 1.64. The number of halogens is 1. The van der Waals surface area contributed by atoms with Crippen LogP contribution in [0.15, 0.2) is 60.9 Å². The number of anilines is 2. The first kappa shape index (κ1) is 19.9. The van der Waals surface area contributed by atoms with Crippen LogP contribution in [0.2, 0.25) is 0 Å². The van der Waals surface area contributed by atoms with E-state index < -0.39 is 5.97 Å². The van der Waals surface area contributed by atoms with Gasteiger partial charge in [-0.25, -0.2) is 19.2 Å². The molecular formula is C21H19FN4O3. The van der Waals surface area contributed by atoms with E-state index in [4.69, 9.17) is 4.74 Å². The molecule has 0 radical (unpaired) electrons. The number of carbonyl (C=O) groups excluding carboxylic acids is 2. The molecule has 0 aliphatic heterocycles. The first-order valence-electron chi connectivity index (χ1n) is 8.86. The number of benzene rings is 2. The maximum Gasteiger partial charge on any atom is 0.339 e. The van der Waals surface area contributed by atoms with E-state index in [9.17, 15) is 14.0 Å². The Labute approximate surface area is 167 Å². The van der Waals surface area contributed by atoms with Gasteiger partial charge in [0.2, 0.25) is 0 Å². The van der Waals surface area contributed by atoms with Gasteiger partial charge in [-0.15, -0.1) is 0 Å². The summed E-state index contributed by atoms with van der Waals surface area (Å²) in [6.45, 7) is 0.377. The van der Waals surface area contributed by atoms with Crippen LogP contribution in [-0.4, -0.2) is 35.5 Å². The van der Waals surface area contributed by atoms with Crippen LogP contribution < -0.4 is 10.6 Å². The molecule has 8 heteroatoms. The number of rotatable bonds is 7. The SMILES string of the molecule is COC(=O)c1ccccc1Nc1cc(C(=O)NCCc2ccc(F)cc2)ncn1. The third-order valence-electron chi connectivity index (χ3n) is 4.11. The molecule has 1 amide bonds. The van der Waals surface area contributed by atoms with Gasteiger partial charge in [0.15, 0.2) is 0 Å². The summed E-state index contributed by atoms with van der Waals surface area (Å²) in [7, 11) is 1.30. The average Bonchev–Trinajstić information content (AvgIpc) is 2.75. The Morgan fingerprint density at radius 3 is 2.59 bits per heavy atom. The van der Waals surface area contributed by atoms with Gasteiger partial charge in [0, 0.05) is 12.6 Å². The smallest absolute Gasteiger partial charge is 0.339 e. The van der Waals surface area contributed by atoms with Crippen LogP contribution in [-0.2, 0) is 11.2 Å². The molecule has 3 aromatic rings. The summed E-state index contributed by atoms with van der Waals surface area (Å²) in [6, 6.07) is 14.4. The maximum atomic E-state index is 12.9. The summed E-state index contributed by atoms with van der Waals surface area (Å²) in [5.41, 5.74) is 1.94. The average molecular weight is 394 g/mol. The molecule has 3 rings (SSSR count). The van der Waals surface area contributed by atoms with Gasteiger partial charge in [-0.1, -0.05) is 24.3 Å². The third-order valence-corrected chi connectivity index (χ3v) is 4.11. The van der Waals surface area contributed by atoms with Crippen LogP contribution in [0.4, 0.5) is 15.9 Å². The van der Waals surface area contributed by atoms with Crippen molar-refractivity contribution >= 4 is 23.4 Å². The highest BCUT2D eigenvalue weighted by atomic mass is 19.1. The van der Waals surface area contributed by atoms with Crippen molar-refractivity contribution in [3.63, 3.8) is 0 Å². The minimum atomic E-state index is -0.485. The molecule has 148 valence electrons. The number of carbonyl (C=O) groups is 2. The fraction of sp³-hybridized carbons (Fsp3) is 0.143. The van der Waals surface area contributed by atoms with Gasteiger partial charge in [-0.2, -0.15) is 0 Å². The molecule has 0 aliphatic rings. The molecule has 0 atom stereocenters. The molecule has 2 N–H and O–H groups in total. The molecule has 2 aromatic carbocycles. The Morgan fingerprint density at radius 1 is 1.07 bits per heavy atom. The number of hydrogen-bond donors (Lipinski definition) is 2. The number of nitrogens with zero attached hydrogens (tertiary/aromatic N) is 2. The predicted octanol–water partition coefficient (Wildman–Crippen LogP) is 3.12. The van der Waals surface area contributed by atoms with E-state index in [1.54, 1.807) is 36.4 Å². The molecule has 1 heterocycles. The highest BCUT2D eigenvalue weighted by Gasteiger charge is 2.13. The number of methoxy groups -OCH3 is 1. The molecule has 0 unspecified atom stereocenters. The Morgan fingerprint density at radius 2 is 1.83 bits per heavy atom. The number of nitrogens with one attached hydrogen (secondary N) is 2. The van der Waals surface area contributed by atoms with Crippen molar-refractivity contribution in [2.75, 3.05) is 19.0 Å². The van der Waals surface area contributed by atoms with Gasteiger partial charge in [-0.05, 0) is 36.2 Å². The molecule has 0 fully saturated rings. The van der Waals surface area contributed by atoms with E-state index in [1.807, 2.05) is 0 Å². The van der Waals surface area contributed by atoms with Crippen LogP contribution >= 0.6 is 0 Å². The van der Waals surface area contributed by atoms with Crippen molar-refractivity contribution in [2.24, 2.45) is 0 Å². The van der Waals surface area contributed by atoms with Crippen molar-refractivity contribution in [1.82, 2.24) is 15.3 Å². The zero-order valence-corrected chi connectivity index (χ0v) is 15.7. The molecule has 29 heavy (non-hydrogen) atoms. The molecule has 1 aromatic heterocycles. The number of hydrogen-bond acceptors (Lipinski definition) is 6. The lowest BCUT2D eigenvalue weighted by atomic mass is 10.1. The van der Waals surface area contributed by atoms with Crippen molar-refractivity contribution in [3.05, 3.63) is 83.6 Å². The second-order valence-corrected chi connectivity index (χ2v) is 6.08. The second kappa shape index (κ2) is 9.41. The Kier molecular flexibility index (Phi) is 6.47. The van der Waals surface area contributed by atoms with E-state index in [0.29, 0.717) is 30.0 Å². The summed E-state index contributed by atoms with van der Waals surface area (Å²) in [5, 5.41) is 5.77. The normalized spacial score (nSPS) is 10.3. The number of para-hydroxylation sites is 1. The highest BCUT2D eigenvalue weighted by molar-refractivity contribution is 5.97. The van der Waals surface area contributed by atoms with Crippen LogP contribution in [0.1, 0.15) is 26.4 Å². The molecule has 0 aliphatic carbocycles. The molecular weight excluding hydrogens is 375 g/mol.